The summed E-state index contributed by atoms with van der Waals surface area (Å²) in [5.74, 6) is 1.95. The first kappa shape index (κ1) is 42.0. The maximum Gasteiger partial charge on any atom is 0.164 e. The van der Waals surface area contributed by atoms with Crippen LogP contribution in [-0.2, 0) is 25.5 Å². The van der Waals surface area contributed by atoms with E-state index in [0.29, 0.717) is 17.5 Å². The third kappa shape index (κ3) is 8.60. The number of hydrogen-bond donors (Lipinski definition) is 0. The van der Waals surface area contributed by atoms with Crippen molar-refractivity contribution in [3.63, 3.8) is 0 Å². The van der Waals surface area contributed by atoms with Crippen molar-refractivity contribution in [1.29, 1.82) is 0 Å². The minimum Gasteiger partial charge on any atom is -0.501 e. The molecule has 0 fully saturated rings. The third-order valence-corrected chi connectivity index (χ3v) is 10.7. The van der Waals surface area contributed by atoms with Crippen molar-refractivity contribution >= 4 is 21.9 Å². The fourth-order valence-electron chi connectivity index (χ4n) is 7.97. The molecule has 7 heteroatoms. The number of benzene rings is 5. The van der Waals surface area contributed by atoms with Crippen molar-refractivity contribution in [2.45, 2.75) is 67.7 Å². The van der Waals surface area contributed by atoms with Gasteiger partial charge in [0.1, 0.15) is 5.58 Å². The number of hydrogen-bond acceptors (Lipinski definition) is 6. The molecular formula is C53H47IrN5O-2. The van der Waals surface area contributed by atoms with Crippen molar-refractivity contribution in [3.8, 4) is 56.7 Å². The quantitative estimate of drug-likeness (QED) is 0.160. The molecule has 5 aromatic carbocycles. The van der Waals surface area contributed by atoms with E-state index in [9.17, 15) is 0 Å². The molecule has 4 aromatic heterocycles. The molecule has 6 nitrogen and oxygen atoms in total. The van der Waals surface area contributed by atoms with Crippen LogP contribution in [0.15, 0.2) is 126 Å². The minimum absolute atomic E-state index is 0. The van der Waals surface area contributed by atoms with Crippen LogP contribution in [0.1, 0.15) is 59.7 Å². The van der Waals surface area contributed by atoms with Gasteiger partial charge in [-0.2, -0.15) is 0 Å². The molecule has 0 bridgehead atoms. The summed E-state index contributed by atoms with van der Waals surface area (Å²) in [6, 6.07) is 43.4. The Kier molecular flexibility index (Phi) is 12.1. The molecule has 0 amide bonds. The summed E-state index contributed by atoms with van der Waals surface area (Å²) >= 11 is 0. The summed E-state index contributed by atoms with van der Waals surface area (Å²) in [4.78, 5) is 24.2. The van der Waals surface area contributed by atoms with Crippen LogP contribution in [0.3, 0.4) is 0 Å². The fraction of sp³-hybridized carbons (Fsp3) is 0.189. The third-order valence-electron chi connectivity index (χ3n) is 10.7. The first-order valence-electron chi connectivity index (χ1n) is 20.0. The second kappa shape index (κ2) is 17.2. The molecule has 4 heterocycles. The maximum absolute atomic E-state index is 6.62. The van der Waals surface area contributed by atoms with Crippen molar-refractivity contribution in [2.75, 3.05) is 0 Å². The monoisotopic (exact) mass is 962 g/mol. The predicted molar refractivity (Wildman–Crippen MR) is 241 cm³/mol. The molecule has 0 aliphatic rings. The van der Waals surface area contributed by atoms with Crippen LogP contribution in [0.4, 0.5) is 0 Å². The van der Waals surface area contributed by atoms with Crippen LogP contribution in [-0.4, -0.2) is 24.9 Å². The number of aryl methyl sites for hydroxylation is 6. The van der Waals surface area contributed by atoms with E-state index in [1.807, 2.05) is 60.8 Å². The summed E-state index contributed by atoms with van der Waals surface area (Å²) in [7, 11) is 0. The van der Waals surface area contributed by atoms with Crippen LogP contribution in [0.2, 0.25) is 0 Å². The Balaban J connectivity index is 0.000000359. The second-order valence-corrected chi connectivity index (χ2v) is 16.4. The SMILES string of the molecule is Cc1cc(C)c(-c2nc(-c3ccc4c(c3)oc3c(-c5cc(C(C)(C)C)ccn5)[c-]ccc34)nc(-c3c(C)cc(C)cc3C)n2)c(C)c1.[Ir].[c-]1ccccc1-c1ccccn1. The first-order valence-corrected chi connectivity index (χ1v) is 20.0. The van der Waals surface area contributed by atoms with Gasteiger partial charge in [-0.25, -0.2) is 15.0 Å². The summed E-state index contributed by atoms with van der Waals surface area (Å²) in [5.41, 5.74) is 16.4. The van der Waals surface area contributed by atoms with Crippen LogP contribution >= 0.6 is 0 Å². The van der Waals surface area contributed by atoms with Crippen LogP contribution < -0.4 is 0 Å². The van der Waals surface area contributed by atoms with E-state index in [1.165, 1.54) is 16.7 Å². The molecule has 60 heavy (non-hydrogen) atoms. The van der Waals surface area contributed by atoms with Crippen molar-refractivity contribution in [1.82, 2.24) is 24.9 Å². The molecular weight excluding hydrogens is 915 g/mol. The molecule has 9 aromatic rings. The molecule has 301 valence electrons. The topological polar surface area (TPSA) is 77.6 Å². The Morgan fingerprint density at radius 2 is 1.15 bits per heavy atom. The van der Waals surface area contributed by atoms with Crippen molar-refractivity contribution < 1.29 is 24.5 Å². The standard InChI is InChI=1S/C42H39N4O.C11H8N.Ir/c1-23-17-25(3)36(26(4)18-23)40-44-39(45-41(46-40)37-27(5)19-24(2)20-28(37)6)29-13-14-31-32-11-10-12-33(38(32)47-35(31)21-29)34-22-30(15-16-43-34)42(7,8)9;1-2-6-10(7-3-1)11-8-4-5-9-12-11;/h10-11,13-22H,1-9H3;1-6,8-9H;/q2*-1;. The predicted octanol–water partition coefficient (Wildman–Crippen LogP) is 13.3. The van der Waals surface area contributed by atoms with Crippen LogP contribution in [0.5, 0.6) is 0 Å². The molecule has 0 unspecified atom stereocenters. The van der Waals surface area contributed by atoms with Gasteiger partial charge in [-0.05, 0) is 104 Å². The number of furan rings is 1. The van der Waals surface area contributed by atoms with Gasteiger partial charge in [0.05, 0.1) is 5.58 Å². The first-order chi connectivity index (χ1) is 28.3. The van der Waals surface area contributed by atoms with E-state index >= 15 is 0 Å². The van der Waals surface area contributed by atoms with E-state index in [4.69, 9.17) is 24.4 Å². The summed E-state index contributed by atoms with van der Waals surface area (Å²) in [5, 5.41) is 2.05. The number of rotatable bonds is 5. The molecule has 0 saturated heterocycles. The average molecular weight is 962 g/mol. The molecule has 0 saturated carbocycles. The van der Waals surface area contributed by atoms with E-state index in [0.717, 1.165) is 83.4 Å². The average Bonchev–Trinajstić information content (AvgIpc) is 3.59. The van der Waals surface area contributed by atoms with Gasteiger partial charge in [0.25, 0.3) is 0 Å². The van der Waals surface area contributed by atoms with Gasteiger partial charge in [0.2, 0.25) is 0 Å². The van der Waals surface area contributed by atoms with E-state index < -0.39 is 0 Å². The van der Waals surface area contributed by atoms with Gasteiger partial charge in [-0.1, -0.05) is 97.4 Å². The van der Waals surface area contributed by atoms with Crippen LogP contribution in [0, 0.1) is 53.7 Å². The Labute approximate surface area is 366 Å². The van der Waals surface area contributed by atoms with Crippen LogP contribution in [0.25, 0.3) is 78.6 Å². The smallest absolute Gasteiger partial charge is 0.164 e. The molecule has 0 N–H and O–H groups in total. The number of nitrogens with zero attached hydrogens (tertiary/aromatic N) is 5. The normalized spacial score (nSPS) is 11.3. The fourth-order valence-corrected chi connectivity index (χ4v) is 7.97. The van der Waals surface area contributed by atoms with Gasteiger partial charge in [0, 0.05) is 54.6 Å². The zero-order chi connectivity index (χ0) is 41.4. The van der Waals surface area contributed by atoms with Crippen molar-refractivity contribution in [3.05, 3.63) is 173 Å². The summed E-state index contributed by atoms with van der Waals surface area (Å²) < 4.78 is 6.62. The number of pyridine rings is 2. The summed E-state index contributed by atoms with van der Waals surface area (Å²) in [6.07, 6.45) is 3.66. The van der Waals surface area contributed by atoms with Gasteiger partial charge >= 0.3 is 0 Å². The number of aromatic nitrogens is 5. The molecule has 0 spiro atoms. The van der Waals surface area contributed by atoms with Gasteiger partial charge in [-0.3, -0.25) is 0 Å². The molecule has 1 radical (unpaired) electrons. The van der Waals surface area contributed by atoms with E-state index in [2.05, 4.69) is 134 Å². The number of fused-ring (bicyclic) bond motifs is 3. The second-order valence-electron chi connectivity index (χ2n) is 16.4. The Hall–Kier alpha value is -6.14. The van der Waals surface area contributed by atoms with E-state index in [-0.39, 0.29) is 25.5 Å². The maximum atomic E-state index is 6.62. The zero-order valence-corrected chi connectivity index (χ0v) is 37.9. The van der Waals surface area contributed by atoms with Gasteiger partial charge in [-0.15, -0.1) is 54.1 Å². The Morgan fingerprint density at radius 3 is 1.73 bits per heavy atom. The largest absolute Gasteiger partial charge is 0.501 e. The Morgan fingerprint density at radius 1 is 0.533 bits per heavy atom. The van der Waals surface area contributed by atoms with Gasteiger partial charge in [0.15, 0.2) is 17.5 Å². The molecule has 9 rings (SSSR count). The Bertz CT molecular complexity index is 2830. The minimum atomic E-state index is 0. The van der Waals surface area contributed by atoms with E-state index in [1.54, 1.807) is 6.20 Å². The van der Waals surface area contributed by atoms with Crippen molar-refractivity contribution in [2.24, 2.45) is 0 Å². The zero-order valence-electron chi connectivity index (χ0n) is 35.5. The molecule has 0 aliphatic heterocycles. The molecule has 0 aliphatic carbocycles. The summed E-state index contributed by atoms with van der Waals surface area (Å²) in [6.45, 7) is 19.4. The van der Waals surface area contributed by atoms with Gasteiger partial charge < -0.3 is 14.4 Å². The molecule has 0 atom stereocenters.